The lowest BCUT2D eigenvalue weighted by atomic mass is 10.3. The topological polar surface area (TPSA) is 72.8 Å². The number of nitrogens with zero attached hydrogens (tertiary/aromatic N) is 1. The highest BCUT2D eigenvalue weighted by Gasteiger charge is 2.30. The summed E-state index contributed by atoms with van der Waals surface area (Å²) >= 11 is 0. The first-order valence-corrected chi connectivity index (χ1v) is 5.48. The van der Waals surface area contributed by atoms with Crippen molar-refractivity contribution in [1.29, 1.82) is 0 Å². The Hall–Kier alpha value is -0.650. The summed E-state index contributed by atoms with van der Waals surface area (Å²) in [5.74, 6) is -0.0373. The van der Waals surface area contributed by atoms with Gasteiger partial charge in [0, 0.05) is 19.6 Å². The highest BCUT2D eigenvalue weighted by molar-refractivity contribution is 5.78. The van der Waals surface area contributed by atoms with E-state index in [0.29, 0.717) is 19.6 Å². The first-order chi connectivity index (χ1) is 7.13. The van der Waals surface area contributed by atoms with Crippen LogP contribution in [0.2, 0.25) is 0 Å². The first kappa shape index (κ1) is 12.4. The van der Waals surface area contributed by atoms with Crippen LogP contribution >= 0.6 is 0 Å². The van der Waals surface area contributed by atoms with Crippen molar-refractivity contribution < 1.29 is 15.0 Å². The lowest BCUT2D eigenvalue weighted by molar-refractivity contribution is -0.122. The van der Waals surface area contributed by atoms with E-state index in [2.05, 4.69) is 12.2 Å². The van der Waals surface area contributed by atoms with E-state index in [9.17, 15) is 15.0 Å². The summed E-state index contributed by atoms with van der Waals surface area (Å²) in [5.41, 5.74) is 0. The molecule has 2 unspecified atom stereocenters. The van der Waals surface area contributed by atoms with E-state index in [4.69, 9.17) is 0 Å². The second kappa shape index (κ2) is 6.05. The van der Waals surface area contributed by atoms with Crippen molar-refractivity contribution >= 4 is 5.91 Å². The first-order valence-electron chi connectivity index (χ1n) is 5.48. The summed E-state index contributed by atoms with van der Waals surface area (Å²) in [6, 6.07) is 0. The quantitative estimate of drug-likeness (QED) is 0.512. The van der Waals surface area contributed by atoms with Crippen LogP contribution in [0.25, 0.3) is 0 Å². The third-order valence-corrected chi connectivity index (χ3v) is 2.55. The maximum Gasteiger partial charge on any atom is 0.234 e. The summed E-state index contributed by atoms with van der Waals surface area (Å²) in [7, 11) is 0. The number of rotatable bonds is 5. The number of carbonyl (C=O) groups is 1. The summed E-state index contributed by atoms with van der Waals surface area (Å²) < 4.78 is 0. The van der Waals surface area contributed by atoms with Crippen molar-refractivity contribution in [2.75, 3.05) is 26.2 Å². The molecule has 1 fully saturated rings. The zero-order chi connectivity index (χ0) is 11.3. The van der Waals surface area contributed by atoms with Crippen molar-refractivity contribution in [3.8, 4) is 0 Å². The second-order valence-corrected chi connectivity index (χ2v) is 4.03. The molecule has 0 radical (unpaired) electrons. The van der Waals surface area contributed by atoms with Crippen LogP contribution in [-0.2, 0) is 4.79 Å². The minimum Gasteiger partial charge on any atom is -0.389 e. The van der Waals surface area contributed by atoms with Gasteiger partial charge in [0.2, 0.25) is 5.91 Å². The maximum absolute atomic E-state index is 11.4. The number of aliphatic hydroxyl groups excluding tert-OH is 2. The minimum atomic E-state index is -0.714. The molecule has 1 rings (SSSR count). The largest absolute Gasteiger partial charge is 0.389 e. The Labute approximate surface area is 90.1 Å². The highest BCUT2D eigenvalue weighted by Crippen LogP contribution is 2.08. The minimum absolute atomic E-state index is 0.0373. The van der Waals surface area contributed by atoms with Crippen LogP contribution < -0.4 is 5.32 Å². The van der Waals surface area contributed by atoms with Gasteiger partial charge in [-0.3, -0.25) is 9.69 Å². The monoisotopic (exact) mass is 216 g/mol. The average Bonchev–Trinajstić information content (AvgIpc) is 2.46. The Balaban J connectivity index is 2.16. The lowest BCUT2D eigenvalue weighted by Crippen LogP contribution is -2.37. The molecule has 0 bridgehead atoms. The molecule has 1 amide bonds. The predicted octanol–water partition coefficient (Wildman–Crippen LogP) is -1.06. The summed E-state index contributed by atoms with van der Waals surface area (Å²) in [6.07, 6.45) is 0.611. The van der Waals surface area contributed by atoms with Crippen molar-refractivity contribution in [1.82, 2.24) is 10.2 Å². The number of unbranched alkanes of at least 4 members (excludes halogenated alkanes) is 1. The van der Waals surface area contributed by atoms with Gasteiger partial charge in [0.1, 0.15) is 0 Å². The fraction of sp³-hybridized carbons (Fsp3) is 0.900. The number of aliphatic hydroxyl groups is 2. The van der Waals surface area contributed by atoms with Gasteiger partial charge in [-0.2, -0.15) is 0 Å². The molecule has 0 saturated carbocycles. The number of hydrogen-bond donors (Lipinski definition) is 3. The predicted molar refractivity (Wildman–Crippen MR) is 56.4 cm³/mol. The number of amides is 1. The van der Waals surface area contributed by atoms with Gasteiger partial charge in [-0.05, 0) is 6.42 Å². The van der Waals surface area contributed by atoms with Gasteiger partial charge in [0.05, 0.1) is 18.8 Å². The molecular weight excluding hydrogens is 196 g/mol. The lowest BCUT2D eigenvalue weighted by Gasteiger charge is -2.13. The number of nitrogens with one attached hydrogen (secondary N) is 1. The van der Waals surface area contributed by atoms with Crippen LogP contribution in [0.1, 0.15) is 19.8 Å². The van der Waals surface area contributed by atoms with Crippen LogP contribution in [0.15, 0.2) is 0 Å². The van der Waals surface area contributed by atoms with E-state index in [1.165, 1.54) is 0 Å². The molecule has 1 heterocycles. The average molecular weight is 216 g/mol. The van der Waals surface area contributed by atoms with Gasteiger partial charge in [0.25, 0.3) is 0 Å². The number of likely N-dealkylation sites (tertiary alicyclic amines) is 1. The molecule has 1 aliphatic heterocycles. The van der Waals surface area contributed by atoms with Crippen LogP contribution in [-0.4, -0.2) is 59.4 Å². The molecule has 3 N–H and O–H groups in total. The van der Waals surface area contributed by atoms with Crippen LogP contribution in [0.4, 0.5) is 0 Å². The van der Waals surface area contributed by atoms with Gasteiger partial charge >= 0.3 is 0 Å². The molecule has 0 aromatic heterocycles. The Kier molecular flexibility index (Phi) is 5.01. The van der Waals surface area contributed by atoms with Gasteiger partial charge in [-0.15, -0.1) is 0 Å². The highest BCUT2D eigenvalue weighted by atomic mass is 16.3. The van der Waals surface area contributed by atoms with Crippen LogP contribution in [0, 0.1) is 0 Å². The Morgan fingerprint density at radius 1 is 1.40 bits per heavy atom. The fourth-order valence-electron chi connectivity index (χ4n) is 1.64. The van der Waals surface area contributed by atoms with E-state index in [-0.39, 0.29) is 12.5 Å². The number of β-amino-alcohol motifs (C(OH)–C–C–N with tert-alkyl or cyclic N) is 2. The molecule has 0 spiro atoms. The third kappa shape index (κ3) is 4.15. The zero-order valence-electron chi connectivity index (χ0n) is 9.15. The molecule has 5 nitrogen and oxygen atoms in total. The summed E-state index contributed by atoms with van der Waals surface area (Å²) in [4.78, 5) is 13.1. The fourth-order valence-corrected chi connectivity index (χ4v) is 1.64. The Morgan fingerprint density at radius 3 is 2.53 bits per heavy atom. The van der Waals surface area contributed by atoms with E-state index >= 15 is 0 Å². The molecule has 1 aliphatic rings. The molecule has 15 heavy (non-hydrogen) atoms. The van der Waals surface area contributed by atoms with Crippen molar-refractivity contribution in [2.45, 2.75) is 32.0 Å². The molecule has 2 atom stereocenters. The van der Waals surface area contributed by atoms with E-state index in [1.54, 1.807) is 4.90 Å². The molecule has 0 aromatic rings. The molecule has 0 aliphatic carbocycles. The summed E-state index contributed by atoms with van der Waals surface area (Å²) in [6.45, 7) is 3.79. The van der Waals surface area contributed by atoms with Crippen LogP contribution in [0.3, 0.4) is 0 Å². The third-order valence-electron chi connectivity index (χ3n) is 2.55. The standard InChI is InChI=1S/C10H20N2O3/c1-2-3-4-11-10(15)7-12-5-8(13)9(14)6-12/h8-9,13-14H,2-7H2,1H3,(H,11,15). The van der Waals surface area contributed by atoms with Gasteiger partial charge in [-0.25, -0.2) is 0 Å². The van der Waals surface area contributed by atoms with Crippen molar-refractivity contribution in [3.05, 3.63) is 0 Å². The van der Waals surface area contributed by atoms with Gasteiger partial charge in [0.15, 0.2) is 0 Å². The zero-order valence-corrected chi connectivity index (χ0v) is 9.15. The summed E-state index contributed by atoms with van der Waals surface area (Å²) in [5, 5.41) is 21.3. The van der Waals surface area contributed by atoms with E-state index in [1.807, 2.05) is 0 Å². The molecule has 0 aromatic carbocycles. The number of hydrogen-bond acceptors (Lipinski definition) is 4. The normalized spacial score (nSPS) is 26.9. The Morgan fingerprint density at radius 2 is 2.00 bits per heavy atom. The van der Waals surface area contributed by atoms with E-state index < -0.39 is 12.2 Å². The maximum atomic E-state index is 11.4. The van der Waals surface area contributed by atoms with Crippen molar-refractivity contribution in [3.63, 3.8) is 0 Å². The van der Waals surface area contributed by atoms with Crippen LogP contribution in [0.5, 0.6) is 0 Å². The van der Waals surface area contributed by atoms with Crippen molar-refractivity contribution in [2.24, 2.45) is 0 Å². The van der Waals surface area contributed by atoms with Gasteiger partial charge < -0.3 is 15.5 Å². The smallest absolute Gasteiger partial charge is 0.234 e. The second-order valence-electron chi connectivity index (χ2n) is 4.03. The van der Waals surface area contributed by atoms with Gasteiger partial charge in [-0.1, -0.05) is 13.3 Å². The Bertz CT molecular complexity index is 201. The molecule has 88 valence electrons. The number of carbonyl (C=O) groups excluding carboxylic acids is 1. The molecule has 5 heteroatoms. The SMILES string of the molecule is CCCCNC(=O)CN1CC(O)C(O)C1. The van der Waals surface area contributed by atoms with E-state index in [0.717, 1.165) is 12.8 Å². The molecular formula is C10H20N2O3. The molecule has 1 saturated heterocycles.